The van der Waals surface area contributed by atoms with Gasteiger partial charge in [-0.3, -0.25) is 0 Å². The number of hydrogen-bond donors (Lipinski definition) is 0. The molecule has 1 aromatic rings. The molecule has 0 aliphatic carbocycles. The predicted molar refractivity (Wildman–Crippen MR) is 50.9 cm³/mol. The van der Waals surface area contributed by atoms with Crippen molar-refractivity contribution in [2.75, 3.05) is 0 Å². The summed E-state index contributed by atoms with van der Waals surface area (Å²) in [6.45, 7) is 3.85. The second-order valence-electron chi connectivity index (χ2n) is 3.56. The minimum atomic E-state index is -0.540. The topological polar surface area (TPSA) is 46.4 Å². The van der Waals surface area contributed by atoms with Gasteiger partial charge in [0.2, 0.25) is 4.92 Å². The van der Waals surface area contributed by atoms with Crippen molar-refractivity contribution in [3.05, 3.63) is 26.8 Å². The molecule has 5 heteroatoms. The lowest BCUT2D eigenvalue weighted by molar-refractivity contribution is -0.812. The Balaban J connectivity index is 2.51. The monoisotopic (exact) mass is 212 g/mol. The van der Waals surface area contributed by atoms with Crippen molar-refractivity contribution in [1.29, 1.82) is 0 Å². The third-order valence-electron chi connectivity index (χ3n) is 2.23. The normalized spacial score (nSPS) is 20.9. The molecular weight excluding hydrogens is 202 g/mol. The Kier molecular flexibility index (Phi) is 2.11. The standard InChI is InChI=1S/C9H10NO3S/c1-5(2)7-6-3-4-14-8(6)9(11)13-10(7)12/h3-5,7H,1-2H3/q+1. The van der Waals surface area contributed by atoms with Gasteiger partial charge in [-0.05, 0) is 11.4 Å². The molecule has 1 unspecified atom stereocenters. The van der Waals surface area contributed by atoms with Crippen molar-refractivity contribution in [1.82, 2.24) is 0 Å². The molecule has 0 amide bonds. The number of fused-ring (bicyclic) bond motifs is 1. The Bertz CT molecular complexity index is 397. The van der Waals surface area contributed by atoms with Crippen molar-refractivity contribution in [2.45, 2.75) is 19.9 Å². The quantitative estimate of drug-likeness (QED) is 0.717. The van der Waals surface area contributed by atoms with E-state index in [9.17, 15) is 9.70 Å². The molecule has 14 heavy (non-hydrogen) atoms. The van der Waals surface area contributed by atoms with Crippen LogP contribution in [0.1, 0.15) is 35.1 Å². The lowest BCUT2D eigenvalue weighted by atomic mass is 9.96. The number of carbonyl (C=O) groups excluding carboxylic acids is 1. The van der Waals surface area contributed by atoms with Gasteiger partial charge in [0.25, 0.3) is 6.04 Å². The van der Waals surface area contributed by atoms with Crippen LogP contribution in [0.4, 0.5) is 0 Å². The Morgan fingerprint density at radius 2 is 2.29 bits per heavy atom. The summed E-state index contributed by atoms with van der Waals surface area (Å²) in [6, 6.07) is 1.45. The lowest BCUT2D eigenvalue weighted by Crippen LogP contribution is -2.30. The zero-order chi connectivity index (χ0) is 10.3. The van der Waals surface area contributed by atoms with Crippen molar-refractivity contribution < 1.29 is 14.6 Å². The molecule has 2 heterocycles. The van der Waals surface area contributed by atoms with Crippen molar-refractivity contribution in [3.63, 3.8) is 0 Å². The van der Waals surface area contributed by atoms with Gasteiger partial charge in [0.15, 0.2) is 0 Å². The largest absolute Gasteiger partial charge is 0.426 e. The van der Waals surface area contributed by atoms with Crippen molar-refractivity contribution in [2.24, 2.45) is 5.92 Å². The van der Waals surface area contributed by atoms with Crippen LogP contribution in [0.15, 0.2) is 11.4 Å². The minimum absolute atomic E-state index is 0.119. The van der Waals surface area contributed by atoms with Crippen LogP contribution in [-0.4, -0.2) is 10.9 Å². The van der Waals surface area contributed by atoms with Crippen molar-refractivity contribution >= 4 is 17.3 Å². The van der Waals surface area contributed by atoms with Crippen LogP contribution < -0.4 is 0 Å². The Morgan fingerprint density at radius 1 is 1.57 bits per heavy atom. The highest BCUT2D eigenvalue weighted by Gasteiger charge is 2.44. The van der Waals surface area contributed by atoms with Crippen LogP contribution in [-0.2, 0) is 4.84 Å². The fraction of sp³-hybridized carbons (Fsp3) is 0.444. The Morgan fingerprint density at radius 3 is 2.93 bits per heavy atom. The highest BCUT2D eigenvalue weighted by atomic mass is 32.1. The molecule has 1 atom stereocenters. The summed E-state index contributed by atoms with van der Waals surface area (Å²) in [5.41, 5.74) is 0.788. The molecule has 1 aromatic heterocycles. The molecule has 0 bridgehead atoms. The number of rotatable bonds is 1. The van der Waals surface area contributed by atoms with Crippen molar-refractivity contribution in [3.8, 4) is 0 Å². The van der Waals surface area contributed by atoms with E-state index in [0.717, 1.165) is 5.56 Å². The maximum Gasteiger partial charge on any atom is 0.426 e. The second-order valence-corrected chi connectivity index (χ2v) is 4.47. The minimum Gasteiger partial charge on any atom is -0.237 e. The van der Waals surface area contributed by atoms with Gasteiger partial charge in [0.05, 0.1) is 10.5 Å². The van der Waals surface area contributed by atoms with E-state index in [4.69, 9.17) is 0 Å². The fourth-order valence-electron chi connectivity index (χ4n) is 1.61. The van der Waals surface area contributed by atoms with E-state index in [-0.39, 0.29) is 12.0 Å². The summed E-state index contributed by atoms with van der Waals surface area (Å²) >= 11 is 1.32. The predicted octanol–water partition coefficient (Wildman–Crippen LogP) is 2.31. The third kappa shape index (κ3) is 1.24. The molecule has 0 spiro atoms. The molecule has 74 valence electrons. The molecule has 0 saturated carbocycles. The highest BCUT2D eigenvalue weighted by Crippen LogP contribution is 2.35. The van der Waals surface area contributed by atoms with Crippen LogP contribution in [0.2, 0.25) is 0 Å². The van der Waals surface area contributed by atoms with Crippen LogP contribution >= 0.6 is 11.3 Å². The summed E-state index contributed by atoms with van der Waals surface area (Å²) in [5, 5.41) is 1.81. The van der Waals surface area contributed by atoms with Crippen LogP contribution in [0.5, 0.6) is 0 Å². The smallest absolute Gasteiger partial charge is 0.237 e. The van der Waals surface area contributed by atoms with Crippen LogP contribution in [0.3, 0.4) is 0 Å². The fourth-order valence-corrected chi connectivity index (χ4v) is 2.42. The van der Waals surface area contributed by atoms with E-state index in [1.165, 1.54) is 11.3 Å². The molecular formula is C9H10NO3S+. The first-order valence-corrected chi connectivity index (χ1v) is 5.25. The lowest BCUT2D eigenvalue weighted by Gasteiger charge is -2.14. The summed E-state index contributed by atoms with van der Waals surface area (Å²) in [7, 11) is 0. The first kappa shape index (κ1) is 9.33. The van der Waals surface area contributed by atoms with E-state index < -0.39 is 5.97 Å². The number of carbonyl (C=O) groups is 1. The second kappa shape index (κ2) is 3.16. The summed E-state index contributed by atoms with van der Waals surface area (Å²) in [4.78, 5) is 28.2. The SMILES string of the molecule is CC(C)C1c2ccsc2C(=O)O[N+]1=O. The average molecular weight is 212 g/mol. The zero-order valence-electron chi connectivity index (χ0n) is 7.89. The van der Waals surface area contributed by atoms with Gasteiger partial charge in [0.1, 0.15) is 4.88 Å². The molecule has 0 fully saturated rings. The van der Waals surface area contributed by atoms with E-state index in [1.54, 1.807) is 5.38 Å². The Hall–Kier alpha value is -1.23. The molecule has 0 saturated heterocycles. The average Bonchev–Trinajstić information content (AvgIpc) is 2.51. The van der Waals surface area contributed by atoms with Gasteiger partial charge in [0, 0.05) is 5.92 Å². The molecule has 1 aliphatic heterocycles. The maximum absolute atomic E-state index is 11.4. The van der Waals surface area contributed by atoms with Gasteiger partial charge in [-0.2, -0.15) is 0 Å². The van der Waals surface area contributed by atoms with E-state index in [1.807, 2.05) is 19.9 Å². The van der Waals surface area contributed by atoms with Gasteiger partial charge in [-0.15, -0.1) is 16.2 Å². The first-order valence-electron chi connectivity index (χ1n) is 4.37. The van der Waals surface area contributed by atoms with E-state index in [2.05, 4.69) is 4.84 Å². The summed E-state index contributed by atoms with van der Waals surface area (Å²) in [5.74, 6) is -0.421. The highest BCUT2D eigenvalue weighted by molar-refractivity contribution is 7.12. The zero-order valence-corrected chi connectivity index (χ0v) is 8.71. The maximum atomic E-state index is 11.4. The van der Waals surface area contributed by atoms with Crippen LogP contribution in [0, 0.1) is 10.8 Å². The number of nitrogens with zero attached hydrogens (tertiary/aromatic N) is 1. The molecule has 4 nitrogen and oxygen atoms in total. The van der Waals surface area contributed by atoms with Crippen LogP contribution in [0.25, 0.3) is 0 Å². The molecule has 0 N–H and O–H groups in total. The van der Waals surface area contributed by atoms with E-state index in [0.29, 0.717) is 9.80 Å². The molecule has 1 aliphatic rings. The number of thiophene rings is 1. The van der Waals surface area contributed by atoms with Gasteiger partial charge >= 0.3 is 5.97 Å². The van der Waals surface area contributed by atoms with Gasteiger partial charge in [-0.25, -0.2) is 4.79 Å². The summed E-state index contributed by atoms with van der Waals surface area (Å²) < 4.78 is 0. The van der Waals surface area contributed by atoms with Gasteiger partial charge in [-0.1, -0.05) is 13.8 Å². The molecule has 2 rings (SSSR count). The molecule has 0 aromatic carbocycles. The first-order chi connectivity index (χ1) is 6.61. The van der Waals surface area contributed by atoms with E-state index >= 15 is 0 Å². The number of hydrogen-bond acceptors (Lipinski definition) is 4. The summed E-state index contributed by atoms with van der Waals surface area (Å²) in [6.07, 6.45) is 0. The van der Waals surface area contributed by atoms with Gasteiger partial charge < -0.3 is 0 Å². The molecule has 0 radical (unpaired) electrons. The Labute approximate surface area is 85.0 Å². The third-order valence-corrected chi connectivity index (χ3v) is 3.14.